The van der Waals surface area contributed by atoms with Crippen LogP contribution in [0.1, 0.15) is 34.1 Å². The van der Waals surface area contributed by atoms with Crippen molar-refractivity contribution in [2.24, 2.45) is 17.6 Å². The molecule has 0 rings (SSSR count). The van der Waals surface area contributed by atoms with E-state index in [1.54, 1.807) is 7.11 Å². The van der Waals surface area contributed by atoms with E-state index in [0.717, 1.165) is 13.1 Å². The number of hydrogen-bond donors (Lipinski definition) is 1. The summed E-state index contributed by atoms with van der Waals surface area (Å²) < 4.78 is 5.16. The van der Waals surface area contributed by atoms with Gasteiger partial charge in [-0.1, -0.05) is 27.7 Å². The van der Waals surface area contributed by atoms with Gasteiger partial charge in [0.1, 0.15) is 0 Å². The Morgan fingerprint density at radius 2 is 1.65 bits per heavy atom. The minimum atomic E-state index is -0.163. The second-order valence-electron chi connectivity index (χ2n) is 5.38. The predicted molar refractivity (Wildman–Crippen MR) is 70.7 cm³/mol. The highest BCUT2D eigenvalue weighted by Gasteiger charge is 2.19. The van der Waals surface area contributed by atoms with Crippen LogP contribution >= 0.6 is 0 Å². The first-order valence-corrected chi connectivity index (χ1v) is 6.41. The van der Waals surface area contributed by atoms with Gasteiger partial charge in [0.15, 0.2) is 0 Å². The highest BCUT2D eigenvalue weighted by Crippen LogP contribution is 2.08. The van der Waals surface area contributed by atoms with Crippen LogP contribution in [0, 0.1) is 11.8 Å². The van der Waals surface area contributed by atoms with E-state index in [2.05, 4.69) is 27.7 Å². The number of hydrogen-bond acceptors (Lipinski definition) is 3. The molecule has 0 aromatic rings. The summed E-state index contributed by atoms with van der Waals surface area (Å²) in [5, 5.41) is 0. The summed E-state index contributed by atoms with van der Waals surface area (Å²) in [5.74, 6) is 1.11. The topological polar surface area (TPSA) is 55.6 Å². The third-order valence-electron chi connectivity index (χ3n) is 2.52. The molecule has 0 heterocycles. The van der Waals surface area contributed by atoms with E-state index in [9.17, 15) is 4.79 Å². The van der Waals surface area contributed by atoms with Gasteiger partial charge in [0.05, 0.1) is 12.5 Å². The van der Waals surface area contributed by atoms with Gasteiger partial charge in [0.2, 0.25) is 5.91 Å². The third-order valence-corrected chi connectivity index (χ3v) is 2.52. The molecule has 0 saturated heterocycles. The molecule has 4 heteroatoms. The summed E-state index contributed by atoms with van der Waals surface area (Å²) in [6.45, 7) is 10.5. The lowest BCUT2D eigenvalue weighted by Crippen LogP contribution is -2.40. The third kappa shape index (κ3) is 7.34. The summed E-state index contributed by atoms with van der Waals surface area (Å²) in [5.41, 5.74) is 5.54. The van der Waals surface area contributed by atoms with Crippen LogP contribution < -0.4 is 5.73 Å². The molecular weight excluding hydrogens is 216 g/mol. The van der Waals surface area contributed by atoms with Gasteiger partial charge in [-0.3, -0.25) is 4.79 Å². The van der Waals surface area contributed by atoms with E-state index in [0.29, 0.717) is 24.8 Å². The van der Waals surface area contributed by atoms with E-state index < -0.39 is 0 Å². The van der Waals surface area contributed by atoms with Crippen molar-refractivity contribution in [2.45, 2.75) is 40.2 Å². The van der Waals surface area contributed by atoms with Crippen LogP contribution in [-0.2, 0) is 9.53 Å². The Kier molecular flexibility index (Phi) is 8.17. The molecule has 0 saturated carbocycles. The van der Waals surface area contributed by atoms with Crippen molar-refractivity contribution in [2.75, 3.05) is 26.7 Å². The molecule has 0 aliphatic rings. The molecule has 0 bridgehead atoms. The second-order valence-corrected chi connectivity index (χ2v) is 5.38. The molecule has 1 atom stereocenters. The average molecular weight is 244 g/mol. The standard InChI is InChI=1S/C13H28N2O2/c1-10(2)8-15(9-11(3)4)13(16)6-12(7-14)17-5/h10-12H,6-9,14H2,1-5H3. The quantitative estimate of drug-likeness (QED) is 0.704. The number of methoxy groups -OCH3 is 1. The molecule has 0 fully saturated rings. The Hall–Kier alpha value is -0.610. The maximum absolute atomic E-state index is 12.1. The van der Waals surface area contributed by atoms with Gasteiger partial charge in [-0.25, -0.2) is 0 Å². The summed E-state index contributed by atoms with van der Waals surface area (Å²) >= 11 is 0. The number of amides is 1. The maximum atomic E-state index is 12.1. The summed E-state index contributed by atoms with van der Waals surface area (Å²) in [4.78, 5) is 14.1. The van der Waals surface area contributed by atoms with Crippen molar-refractivity contribution in [1.29, 1.82) is 0 Å². The van der Waals surface area contributed by atoms with Crippen LogP contribution in [-0.4, -0.2) is 43.7 Å². The summed E-state index contributed by atoms with van der Waals surface area (Å²) in [6.07, 6.45) is 0.219. The van der Waals surface area contributed by atoms with Crippen LogP contribution in [0.25, 0.3) is 0 Å². The van der Waals surface area contributed by atoms with Crippen LogP contribution in [0.5, 0.6) is 0 Å². The van der Waals surface area contributed by atoms with Crippen molar-refractivity contribution in [3.63, 3.8) is 0 Å². The molecule has 0 spiro atoms. The summed E-state index contributed by atoms with van der Waals surface area (Å²) in [6, 6.07) is 0. The molecule has 1 unspecified atom stereocenters. The SMILES string of the molecule is COC(CN)CC(=O)N(CC(C)C)CC(C)C. The number of rotatable bonds is 8. The van der Waals surface area contributed by atoms with Crippen molar-refractivity contribution >= 4 is 5.91 Å². The molecule has 2 N–H and O–H groups in total. The number of carbonyl (C=O) groups is 1. The van der Waals surface area contributed by atoms with E-state index >= 15 is 0 Å². The number of ether oxygens (including phenoxy) is 1. The van der Waals surface area contributed by atoms with Gasteiger partial charge in [0.25, 0.3) is 0 Å². The Morgan fingerprint density at radius 1 is 1.18 bits per heavy atom. The Bertz CT molecular complexity index is 203. The molecule has 1 amide bonds. The first-order chi connectivity index (χ1) is 7.90. The minimum absolute atomic E-state index is 0.143. The molecule has 4 nitrogen and oxygen atoms in total. The minimum Gasteiger partial charge on any atom is -0.380 e. The van der Waals surface area contributed by atoms with Gasteiger partial charge < -0.3 is 15.4 Å². The molecular formula is C13H28N2O2. The van der Waals surface area contributed by atoms with E-state index in [1.165, 1.54) is 0 Å². The van der Waals surface area contributed by atoms with Crippen molar-refractivity contribution in [1.82, 2.24) is 4.90 Å². The zero-order chi connectivity index (χ0) is 13.4. The fourth-order valence-electron chi connectivity index (χ4n) is 1.75. The molecule has 0 aromatic heterocycles. The summed E-state index contributed by atoms with van der Waals surface area (Å²) in [7, 11) is 1.60. The lowest BCUT2D eigenvalue weighted by molar-refractivity contribution is -0.134. The molecule has 0 aliphatic carbocycles. The van der Waals surface area contributed by atoms with E-state index in [4.69, 9.17) is 10.5 Å². The molecule has 17 heavy (non-hydrogen) atoms. The zero-order valence-electron chi connectivity index (χ0n) is 11.9. The molecule has 0 aliphatic heterocycles. The van der Waals surface area contributed by atoms with Crippen molar-refractivity contribution in [3.8, 4) is 0 Å². The lowest BCUT2D eigenvalue weighted by atomic mass is 10.1. The Labute approximate surface area is 105 Å². The number of nitrogens with zero attached hydrogens (tertiary/aromatic N) is 1. The van der Waals surface area contributed by atoms with Gasteiger partial charge in [-0.2, -0.15) is 0 Å². The number of nitrogens with two attached hydrogens (primary N) is 1. The second kappa shape index (κ2) is 8.48. The van der Waals surface area contributed by atoms with Crippen LogP contribution in [0.2, 0.25) is 0 Å². The average Bonchev–Trinajstić information content (AvgIpc) is 2.23. The number of carbonyl (C=O) groups excluding carboxylic acids is 1. The van der Waals surface area contributed by atoms with Gasteiger partial charge >= 0.3 is 0 Å². The van der Waals surface area contributed by atoms with Crippen LogP contribution in [0.3, 0.4) is 0 Å². The molecule has 0 aromatic carbocycles. The molecule has 0 radical (unpaired) electrons. The van der Waals surface area contributed by atoms with E-state index in [1.807, 2.05) is 4.90 Å². The fraction of sp³-hybridized carbons (Fsp3) is 0.923. The fourth-order valence-corrected chi connectivity index (χ4v) is 1.75. The van der Waals surface area contributed by atoms with Gasteiger partial charge in [-0.15, -0.1) is 0 Å². The normalized spacial score (nSPS) is 13.2. The maximum Gasteiger partial charge on any atom is 0.225 e. The highest BCUT2D eigenvalue weighted by atomic mass is 16.5. The van der Waals surface area contributed by atoms with Crippen molar-refractivity contribution < 1.29 is 9.53 Å². The first-order valence-electron chi connectivity index (χ1n) is 6.41. The largest absolute Gasteiger partial charge is 0.380 e. The molecule has 102 valence electrons. The highest BCUT2D eigenvalue weighted by molar-refractivity contribution is 5.76. The first kappa shape index (κ1) is 16.4. The van der Waals surface area contributed by atoms with Crippen molar-refractivity contribution in [3.05, 3.63) is 0 Å². The Morgan fingerprint density at radius 3 is 1.94 bits per heavy atom. The monoisotopic (exact) mass is 244 g/mol. The van der Waals surface area contributed by atoms with Gasteiger partial charge in [-0.05, 0) is 11.8 Å². The van der Waals surface area contributed by atoms with Gasteiger partial charge in [0, 0.05) is 26.7 Å². The Balaban J connectivity index is 4.40. The van der Waals surface area contributed by atoms with E-state index in [-0.39, 0.29) is 12.0 Å². The van der Waals surface area contributed by atoms with Crippen LogP contribution in [0.4, 0.5) is 0 Å². The zero-order valence-corrected chi connectivity index (χ0v) is 11.9. The predicted octanol–water partition coefficient (Wildman–Crippen LogP) is 1.49. The lowest BCUT2D eigenvalue weighted by Gasteiger charge is -2.27. The van der Waals surface area contributed by atoms with Crippen LogP contribution in [0.15, 0.2) is 0 Å². The smallest absolute Gasteiger partial charge is 0.225 e.